The summed E-state index contributed by atoms with van der Waals surface area (Å²) in [5.41, 5.74) is 0.632. The van der Waals surface area contributed by atoms with Gasteiger partial charge in [0.05, 0.1) is 4.47 Å². The lowest BCUT2D eigenvalue weighted by Gasteiger charge is -2.09. The molecule has 1 aromatic heterocycles. The smallest absolute Gasteiger partial charge is 0.162 e. The van der Waals surface area contributed by atoms with Crippen LogP contribution >= 0.6 is 31.9 Å². The maximum atomic E-state index is 13.3. The molecule has 0 aliphatic heterocycles. The second-order valence-electron chi connectivity index (χ2n) is 3.94. The van der Waals surface area contributed by atoms with Crippen molar-refractivity contribution in [3.8, 4) is 11.4 Å². The third-order valence-corrected chi connectivity index (χ3v) is 3.73. The molecule has 0 atom stereocenters. The minimum Gasteiger partial charge on any atom is -0.369 e. The van der Waals surface area contributed by atoms with E-state index in [0.717, 1.165) is 21.9 Å². The lowest BCUT2D eigenvalue weighted by atomic mass is 10.2. The molecular weight excluding hydrogens is 377 g/mol. The van der Waals surface area contributed by atoms with E-state index in [4.69, 9.17) is 0 Å². The van der Waals surface area contributed by atoms with E-state index < -0.39 is 0 Å². The van der Waals surface area contributed by atoms with Gasteiger partial charge >= 0.3 is 0 Å². The molecule has 3 nitrogen and oxygen atoms in total. The van der Waals surface area contributed by atoms with Crippen LogP contribution in [0.1, 0.15) is 13.3 Å². The van der Waals surface area contributed by atoms with Crippen molar-refractivity contribution < 1.29 is 4.39 Å². The lowest BCUT2D eigenvalue weighted by Crippen LogP contribution is -2.04. The first-order valence-corrected chi connectivity index (χ1v) is 7.42. The van der Waals surface area contributed by atoms with Crippen molar-refractivity contribution in [2.75, 3.05) is 11.9 Å². The molecular formula is C13H12Br2FN3. The summed E-state index contributed by atoms with van der Waals surface area (Å²) in [7, 11) is 0. The molecule has 6 heteroatoms. The average molecular weight is 389 g/mol. The van der Waals surface area contributed by atoms with Crippen LogP contribution in [-0.2, 0) is 0 Å². The Kier molecular flexibility index (Phi) is 4.87. The van der Waals surface area contributed by atoms with E-state index in [1.807, 2.05) is 0 Å². The molecule has 0 saturated heterocycles. The summed E-state index contributed by atoms with van der Waals surface area (Å²) >= 11 is 6.78. The normalized spacial score (nSPS) is 10.5. The van der Waals surface area contributed by atoms with E-state index in [-0.39, 0.29) is 5.82 Å². The number of nitrogens with zero attached hydrogens (tertiary/aromatic N) is 2. The molecule has 1 N–H and O–H groups in total. The van der Waals surface area contributed by atoms with E-state index in [9.17, 15) is 4.39 Å². The second-order valence-corrected chi connectivity index (χ2v) is 5.65. The van der Waals surface area contributed by atoms with Gasteiger partial charge in [0.15, 0.2) is 5.82 Å². The third-order valence-electron chi connectivity index (χ3n) is 2.46. The Labute approximate surface area is 127 Å². The van der Waals surface area contributed by atoms with Crippen molar-refractivity contribution in [2.45, 2.75) is 13.3 Å². The van der Waals surface area contributed by atoms with Crippen LogP contribution in [0.3, 0.4) is 0 Å². The van der Waals surface area contributed by atoms with Crippen molar-refractivity contribution in [1.82, 2.24) is 9.97 Å². The molecule has 0 bridgehead atoms. The molecule has 1 aromatic carbocycles. The number of benzene rings is 1. The number of nitrogens with one attached hydrogen (secondary N) is 1. The van der Waals surface area contributed by atoms with Gasteiger partial charge in [-0.3, -0.25) is 0 Å². The minimum absolute atomic E-state index is 0.312. The van der Waals surface area contributed by atoms with Crippen LogP contribution in [0.2, 0.25) is 0 Å². The number of aromatic nitrogens is 2. The maximum Gasteiger partial charge on any atom is 0.162 e. The Morgan fingerprint density at radius 2 is 2.05 bits per heavy atom. The molecule has 0 spiro atoms. The van der Waals surface area contributed by atoms with Gasteiger partial charge in [0.25, 0.3) is 0 Å². The fourth-order valence-corrected chi connectivity index (χ4v) is 2.29. The van der Waals surface area contributed by atoms with Gasteiger partial charge in [-0.2, -0.15) is 0 Å². The molecule has 2 aromatic rings. The zero-order valence-corrected chi connectivity index (χ0v) is 13.4. The summed E-state index contributed by atoms with van der Waals surface area (Å²) < 4.78 is 14.9. The minimum atomic E-state index is -0.312. The van der Waals surface area contributed by atoms with Crippen LogP contribution in [0.25, 0.3) is 11.4 Å². The highest BCUT2D eigenvalue weighted by molar-refractivity contribution is 9.11. The zero-order chi connectivity index (χ0) is 13.8. The van der Waals surface area contributed by atoms with Crippen molar-refractivity contribution >= 4 is 37.7 Å². The van der Waals surface area contributed by atoms with Crippen LogP contribution < -0.4 is 5.32 Å². The Hall–Kier alpha value is -1.01. The standard InChI is InChI=1S/C13H12Br2FN3/c1-2-5-17-13-11(15)7-18-12(19-13)9-6-8(16)3-4-10(9)14/h3-4,6-7H,2,5H2,1H3,(H,17,18,19). The van der Waals surface area contributed by atoms with Crippen LogP contribution in [0, 0.1) is 5.82 Å². The van der Waals surface area contributed by atoms with Crippen molar-refractivity contribution in [3.63, 3.8) is 0 Å². The highest BCUT2D eigenvalue weighted by atomic mass is 79.9. The van der Waals surface area contributed by atoms with E-state index in [0.29, 0.717) is 17.2 Å². The van der Waals surface area contributed by atoms with Crippen molar-refractivity contribution in [3.05, 3.63) is 39.2 Å². The molecule has 0 saturated carbocycles. The van der Waals surface area contributed by atoms with E-state index in [1.54, 1.807) is 12.3 Å². The first-order chi connectivity index (χ1) is 9.11. The molecule has 1 heterocycles. The van der Waals surface area contributed by atoms with Gasteiger partial charge in [-0.05, 0) is 40.5 Å². The third kappa shape index (κ3) is 3.51. The van der Waals surface area contributed by atoms with E-state index in [2.05, 4.69) is 54.1 Å². The number of halogens is 3. The lowest BCUT2D eigenvalue weighted by molar-refractivity contribution is 0.628. The SMILES string of the molecule is CCCNc1nc(-c2cc(F)ccc2Br)ncc1Br. The topological polar surface area (TPSA) is 37.8 Å². The number of anilines is 1. The summed E-state index contributed by atoms with van der Waals surface area (Å²) in [6.07, 6.45) is 2.66. The van der Waals surface area contributed by atoms with Gasteiger partial charge in [-0.15, -0.1) is 0 Å². The van der Waals surface area contributed by atoms with Crippen LogP contribution in [0.5, 0.6) is 0 Å². The quantitative estimate of drug-likeness (QED) is 0.829. The van der Waals surface area contributed by atoms with Crippen LogP contribution in [0.4, 0.5) is 10.2 Å². The number of hydrogen-bond donors (Lipinski definition) is 1. The summed E-state index contributed by atoms with van der Waals surface area (Å²) in [5.74, 6) is 0.879. The largest absolute Gasteiger partial charge is 0.369 e. The van der Waals surface area contributed by atoms with Gasteiger partial charge in [0, 0.05) is 22.8 Å². The van der Waals surface area contributed by atoms with E-state index >= 15 is 0 Å². The molecule has 0 amide bonds. The summed E-state index contributed by atoms with van der Waals surface area (Å²) in [6.45, 7) is 2.89. The molecule has 2 rings (SSSR count). The van der Waals surface area contributed by atoms with Crippen molar-refractivity contribution in [2.24, 2.45) is 0 Å². The summed E-state index contributed by atoms with van der Waals surface area (Å²) in [4.78, 5) is 8.64. The van der Waals surface area contributed by atoms with Gasteiger partial charge in [-0.1, -0.05) is 22.9 Å². The van der Waals surface area contributed by atoms with Gasteiger partial charge < -0.3 is 5.32 Å². The highest BCUT2D eigenvalue weighted by Crippen LogP contribution is 2.29. The molecule has 19 heavy (non-hydrogen) atoms. The summed E-state index contributed by atoms with van der Waals surface area (Å²) in [5, 5.41) is 3.20. The van der Waals surface area contributed by atoms with E-state index in [1.165, 1.54) is 12.1 Å². The molecule has 0 fully saturated rings. The van der Waals surface area contributed by atoms with Crippen LogP contribution in [0.15, 0.2) is 33.3 Å². The maximum absolute atomic E-state index is 13.3. The fraction of sp³-hybridized carbons (Fsp3) is 0.231. The predicted octanol–water partition coefficient (Wildman–Crippen LogP) is 4.63. The Morgan fingerprint density at radius 1 is 1.26 bits per heavy atom. The second kappa shape index (κ2) is 6.43. The monoisotopic (exact) mass is 387 g/mol. The Balaban J connectivity index is 2.42. The molecule has 0 radical (unpaired) electrons. The van der Waals surface area contributed by atoms with Gasteiger partial charge in [0.1, 0.15) is 11.6 Å². The first kappa shape index (κ1) is 14.4. The predicted molar refractivity (Wildman–Crippen MR) is 81.6 cm³/mol. The molecule has 100 valence electrons. The van der Waals surface area contributed by atoms with Gasteiger partial charge in [0.2, 0.25) is 0 Å². The number of hydrogen-bond acceptors (Lipinski definition) is 3. The molecule has 0 aliphatic rings. The first-order valence-electron chi connectivity index (χ1n) is 5.83. The number of rotatable bonds is 4. The summed E-state index contributed by atoms with van der Waals surface area (Å²) in [6, 6.07) is 4.45. The Bertz CT molecular complexity index is 590. The van der Waals surface area contributed by atoms with Crippen LogP contribution in [-0.4, -0.2) is 16.5 Å². The van der Waals surface area contributed by atoms with Crippen molar-refractivity contribution in [1.29, 1.82) is 0 Å². The zero-order valence-electron chi connectivity index (χ0n) is 10.3. The Morgan fingerprint density at radius 3 is 2.79 bits per heavy atom. The highest BCUT2D eigenvalue weighted by Gasteiger charge is 2.10. The molecule has 0 unspecified atom stereocenters. The van der Waals surface area contributed by atoms with Gasteiger partial charge in [-0.25, -0.2) is 14.4 Å². The average Bonchev–Trinajstić information content (AvgIpc) is 2.41. The fourth-order valence-electron chi connectivity index (χ4n) is 1.53. The molecule has 0 aliphatic carbocycles.